The Hall–Kier alpha value is -2.29. The summed E-state index contributed by atoms with van der Waals surface area (Å²) in [5.41, 5.74) is 5.07. The van der Waals surface area contributed by atoms with Crippen LogP contribution in [0.5, 0.6) is 11.5 Å². The zero-order valence-corrected chi connectivity index (χ0v) is 12.4. The number of pyridine rings is 1. The quantitative estimate of drug-likeness (QED) is 0.853. The number of hydrogen-bond donors (Lipinski definition) is 0. The van der Waals surface area contributed by atoms with Gasteiger partial charge in [0.25, 0.3) is 0 Å². The summed E-state index contributed by atoms with van der Waals surface area (Å²) in [5.74, 6) is 1.59. The summed E-state index contributed by atoms with van der Waals surface area (Å²) in [6.07, 6.45) is 9.23. The van der Waals surface area contributed by atoms with Crippen LogP contribution in [-0.4, -0.2) is 19.2 Å². The van der Waals surface area contributed by atoms with E-state index in [2.05, 4.69) is 29.3 Å². The molecule has 1 aromatic heterocycles. The maximum absolute atomic E-state index is 5.44. The molecular formula is C18H19NO2. The topological polar surface area (TPSA) is 31.4 Å². The van der Waals surface area contributed by atoms with Gasteiger partial charge in [-0.1, -0.05) is 6.07 Å². The Labute approximate surface area is 125 Å². The minimum Gasteiger partial charge on any atom is -0.493 e. The number of nitrogens with zero attached hydrogens (tertiary/aromatic N) is 1. The smallest absolute Gasteiger partial charge is 0.161 e. The van der Waals surface area contributed by atoms with Gasteiger partial charge in [-0.25, -0.2) is 0 Å². The molecule has 0 radical (unpaired) electrons. The van der Waals surface area contributed by atoms with Crippen LogP contribution >= 0.6 is 0 Å². The van der Waals surface area contributed by atoms with Gasteiger partial charge in [-0.05, 0) is 65.8 Å². The maximum Gasteiger partial charge on any atom is 0.161 e. The van der Waals surface area contributed by atoms with Gasteiger partial charge in [0.1, 0.15) is 0 Å². The normalized spacial score (nSPS) is 15.6. The molecule has 108 valence electrons. The fourth-order valence-electron chi connectivity index (χ4n) is 2.84. The van der Waals surface area contributed by atoms with Crippen molar-refractivity contribution in [3.8, 4) is 11.5 Å². The average Bonchev–Trinajstić information content (AvgIpc) is 2.55. The largest absolute Gasteiger partial charge is 0.493 e. The fraction of sp³-hybridized carbons (Fsp3) is 0.278. The molecule has 0 spiro atoms. The molecule has 1 aromatic carbocycles. The minimum atomic E-state index is 0.787. The van der Waals surface area contributed by atoms with Gasteiger partial charge >= 0.3 is 0 Å². The molecule has 0 bridgehead atoms. The third-order valence-corrected chi connectivity index (χ3v) is 3.87. The second-order valence-electron chi connectivity index (χ2n) is 5.17. The van der Waals surface area contributed by atoms with Crippen LogP contribution in [0.1, 0.15) is 29.5 Å². The lowest BCUT2D eigenvalue weighted by molar-refractivity contribution is 0.354. The molecule has 0 fully saturated rings. The monoisotopic (exact) mass is 281 g/mol. The first kappa shape index (κ1) is 13.7. The molecule has 0 atom stereocenters. The third-order valence-electron chi connectivity index (χ3n) is 3.87. The van der Waals surface area contributed by atoms with Crippen molar-refractivity contribution in [2.24, 2.45) is 0 Å². The van der Waals surface area contributed by atoms with Crippen molar-refractivity contribution in [3.05, 3.63) is 53.3 Å². The summed E-state index contributed by atoms with van der Waals surface area (Å²) in [4.78, 5) is 4.18. The van der Waals surface area contributed by atoms with E-state index >= 15 is 0 Å². The average molecular weight is 281 g/mol. The van der Waals surface area contributed by atoms with E-state index in [1.54, 1.807) is 20.4 Å². The van der Waals surface area contributed by atoms with Crippen LogP contribution < -0.4 is 9.47 Å². The summed E-state index contributed by atoms with van der Waals surface area (Å²) in [7, 11) is 3.36. The van der Waals surface area contributed by atoms with Crippen molar-refractivity contribution < 1.29 is 9.47 Å². The number of allylic oxidation sites excluding steroid dienone is 1. The second kappa shape index (κ2) is 6.00. The molecule has 3 heteroatoms. The first-order chi connectivity index (χ1) is 10.3. The van der Waals surface area contributed by atoms with Crippen LogP contribution in [0.15, 0.2) is 36.7 Å². The van der Waals surface area contributed by atoms with Crippen molar-refractivity contribution in [2.75, 3.05) is 14.2 Å². The molecule has 0 aliphatic heterocycles. The number of hydrogen-bond acceptors (Lipinski definition) is 3. The van der Waals surface area contributed by atoms with Crippen LogP contribution in [0.25, 0.3) is 11.6 Å². The van der Waals surface area contributed by atoms with E-state index in [0.29, 0.717) is 0 Å². The summed E-state index contributed by atoms with van der Waals surface area (Å²) in [6, 6.07) is 8.24. The van der Waals surface area contributed by atoms with E-state index < -0.39 is 0 Å². The molecule has 0 saturated carbocycles. The molecule has 2 aromatic rings. The first-order valence-electron chi connectivity index (χ1n) is 7.17. The van der Waals surface area contributed by atoms with E-state index in [4.69, 9.17) is 9.47 Å². The summed E-state index contributed by atoms with van der Waals surface area (Å²) in [6.45, 7) is 0. The van der Waals surface area contributed by atoms with Gasteiger partial charge in [-0.15, -0.1) is 0 Å². The zero-order chi connectivity index (χ0) is 14.7. The Bertz CT molecular complexity index is 662. The maximum atomic E-state index is 5.44. The van der Waals surface area contributed by atoms with Gasteiger partial charge in [-0.3, -0.25) is 4.98 Å². The number of benzene rings is 1. The lowest BCUT2D eigenvalue weighted by Crippen LogP contribution is -2.04. The Balaban J connectivity index is 2.07. The molecular weight excluding hydrogens is 262 g/mol. The standard InChI is InChI=1S/C18H19NO2/c1-20-17-10-15-7-3-6-14(16(15)11-18(17)21-2)9-13-5-4-8-19-12-13/h4-5,8-12H,3,6-7H2,1-2H3/b14-9+. The molecule has 3 rings (SSSR count). The van der Waals surface area contributed by atoms with Crippen LogP contribution in [0.2, 0.25) is 0 Å². The highest BCUT2D eigenvalue weighted by atomic mass is 16.5. The molecule has 21 heavy (non-hydrogen) atoms. The van der Waals surface area contributed by atoms with E-state index in [-0.39, 0.29) is 0 Å². The van der Waals surface area contributed by atoms with Crippen LogP contribution in [0.4, 0.5) is 0 Å². The van der Waals surface area contributed by atoms with Gasteiger partial charge in [0.05, 0.1) is 14.2 Å². The molecule has 0 N–H and O–H groups in total. The number of methoxy groups -OCH3 is 2. The van der Waals surface area contributed by atoms with E-state index in [1.165, 1.54) is 16.7 Å². The molecule has 1 aliphatic carbocycles. The first-order valence-corrected chi connectivity index (χ1v) is 7.17. The summed E-state index contributed by atoms with van der Waals surface area (Å²) in [5, 5.41) is 0. The van der Waals surface area contributed by atoms with E-state index in [0.717, 1.165) is 36.3 Å². The molecule has 0 saturated heterocycles. The second-order valence-corrected chi connectivity index (χ2v) is 5.17. The van der Waals surface area contributed by atoms with Crippen molar-refractivity contribution >= 4 is 11.6 Å². The molecule has 1 aliphatic rings. The minimum absolute atomic E-state index is 0.787. The van der Waals surface area contributed by atoms with Crippen LogP contribution in [0, 0.1) is 0 Å². The number of rotatable bonds is 3. The molecule has 0 unspecified atom stereocenters. The Morgan fingerprint density at radius 3 is 2.62 bits per heavy atom. The van der Waals surface area contributed by atoms with Gasteiger partial charge < -0.3 is 9.47 Å². The van der Waals surface area contributed by atoms with Gasteiger partial charge in [0.15, 0.2) is 11.5 Å². The highest BCUT2D eigenvalue weighted by Crippen LogP contribution is 2.39. The van der Waals surface area contributed by atoms with Crippen LogP contribution in [-0.2, 0) is 6.42 Å². The summed E-state index contributed by atoms with van der Waals surface area (Å²) < 4.78 is 10.8. The molecule has 3 nitrogen and oxygen atoms in total. The van der Waals surface area contributed by atoms with Gasteiger partial charge in [-0.2, -0.15) is 0 Å². The van der Waals surface area contributed by atoms with Gasteiger partial charge in [0.2, 0.25) is 0 Å². The lowest BCUT2D eigenvalue weighted by atomic mass is 9.86. The molecule has 0 amide bonds. The summed E-state index contributed by atoms with van der Waals surface area (Å²) >= 11 is 0. The van der Waals surface area contributed by atoms with E-state index in [9.17, 15) is 0 Å². The number of ether oxygens (including phenoxy) is 2. The Kier molecular flexibility index (Phi) is 3.91. The third kappa shape index (κ3) is 2.77. The van der Waals surface area contributed by atoms with E-state index in [1.807, 2.05) is 12.3 Å². The SMILES string of the molecule is COc1cc2c(cc1OC)/C(=C/c1cccnc1)CCC2. The predicted molar refractivity (Wildman–Crippen MR) is 84.6 cm³/mol. The van der Waals surface area contributed by atoms with Crippen LogP contribution in [0.3, 0.4) is 0 Å². The predicted octanol–water partition coefficient (Wildman–Crippen LogP) is 3.98. The number of aryl methyl sites for hydroxylation is 1. The van der Waals surface area contributed by atoms with Gasteiger partial charge in [0, 0.05) is 12.4 Å². The van der Waals surface area contributed by atoms with Crippen molar-refractivity contribution in [1.29, 1.82) is 0 Å². The highest BCUT2D eigenvalue weighted by Gasteiger charge is 2.18. The highest BCUT2D eigenvalue weighted by molar-refractivity contribution is 5.84. The fourth-order valence-corrected chi connectivity index (χ4v) is 2.84. The Morgan fingerprint density at radius 2 is 1.90 bits per heavy atom. The Morgan fingerprint density at radius 1 is 1.10 bits per heavy atom. The zero-order valence-electron chi connectivity index (χ0n) is 12.4. The van der Waals surface area contributed by atoms with Crippen molar-refractivity contribution in [1.82, 2.24) is 4.98 Å². The lowest BCUT2D eigenvalue weighted by Gasteiger charge is -2.21. The number of fused-ring (bicyclic) bond motifs is 1. The number of aromatic nitrogens is 1. The molecule has 1 heterocycles. The van der Waals surface area contributed by atoms with Crippen molar-refractivity contribution in [3.63, 3.8) is 0 Å². The van der Waals surface area contributed by atoms with Crippen molar-refractivity contribution in [2.45, 2.75) is 19.3 Å².